The fraction of sp³-hybridized carbons (Fsp3) is 0.536. The van der Waals surface area contributed by atoms with Gasteiger partial charge in [0.05, 0.1) is 49.5 Å². The smallest absolute Gasteiger partial charge is 0.308 e. The van der Waals surface area contributed by atoms with E-state index in [4.69, 9.17) is 9.47 Å². The Morgan fingerprint density at radius 2 is 1.69 bits per heavy atom. The molecule has 0 fully saturated rings. The van der Waals surface area contributed by atoms with Gasteiger partial charge in [0.25, 0.3) is 10.2 Å². The fourth-order valence-electron chi connectivity index (χ4n) is 4.07. The predicted octanol–water partition coefficient (Wildman–Crippen LogP) is 2.05. The summed E-state index contributed by atoms with van der Waals surface area (Å²) in [6.07, 6.45) is -2.31. The van der Waals surface area contributed by atoms with Crippen LogP contribution >= 0.6 is 0 Å². The molecule has 0 aliphatic rings. The number of carbonyl (C=O) groups excluding carboxylic acids is 1. The number of aromatic nitrogens is 2. The number of aliphatic hydroxyl groups excluding tert-OH is 2. The van der Waals surface area contributed by atoms with Crippen molar-refractivity contribution in [3.63, 3.8) is 0 Å². The standard InChI is InChI=1S/C28H38FN5O13S/c1-17(2)26-23(27(19-6-8-20(29)9-7-19)31-28(30-26)32(4)48(5,42)43)11-10-21(35)14-22(36)15-25(37)45-13-12-44-16-24(47-34(40)41)18(3)46-33(38)39/h6-11,17-18,21-22,24,35-36H,12-16H2,1-5H3/b11-10+/t18?,21-,22?,24?/m1/s1. The molecule has 1 aromatic heterocycles. The Labute approximate surface area is 275 Å². The molecule has 0 amide bonds. The first-order valence-electron chi connectivity index (χ1n) is 14.4. The van der Waals surface area contributed by atoms with E-state index >= 15 is 0 Å². The molecular formula is C28H38FN5O13S. The lowest BCUT2D eigenvalue weighted by Gasteiger charge is -2.20. The van der Waals surface area contributed by atoms with E-state index in [2.05, 4.69) is 19.6 Å². The van der Waals surface area contributed by atoms with Gasteiger partial charge in [-0.1, -0.05) is 26.0 Å². The number of benzene rings is 1. The summed E-state index contributed by atoms with van der Waals surface area (Å²) in [5, 5.41) is 39.8. The summed E-state index contributed by atoms with van der Waals surface area (Å²) in [5.41, 5.74) is 1.57. The van der Waals surface area contributed by atoms with Crippen LogP contribution in [0.15, 0.2) is 30.3 Å². The minimum atomic E-state index is -3.72. The van der Waals surface area contributed by atoms with Gasteiger partial charge in [-0.2, -0.15) is 0 Å². The number of nitrogens with zero attached hydrogens (tertiary/aromatic N) is 5. The van der Waals surface area contributed by atoms with Crippen LogP contribution in [0.5, 0.6) is 0 Å². The minimum Gasteiger partial charge on any atom is -0.463 e. The van der Waals surface area contributed by atoms with Crippen molar-refractivity contribution >= 4 is 28.0 Å². The molecule has 3 unspecified atom stereocenters. The van der Waals surface area contributed by atoms with Crippen LogP contribution in [0.25, 0.3) is 17.3 Å². The average Bonchev–Trinajstić information content (AvgIpc) is 2.97. The van der Waals surface area contributed by atoms with E-state index in [1.54, 1.807) is 0 Å². The van der Waals surface area contributed by atoms with Gasteiger partial charge in [0, 0.05) is 24.6 Å². The molecule has 0 saturated carbocycles. The number of rotatable bonds is 20. The molecule has 0 radical (unpaired) electrons. The molecule has 1 heterocycles. The Morgan fingerprint density at radius 1 is 1.06 bits per heavy atom. The number of halogens is 1. The summed E-state index contributed by atoms with van der Waals surface area (Å²) in [7, 11) is -2.43. The van der Waals surface area contributed by atoms with Gasteiger partial charge in [-0.15, -0.1) is 20.2 Å². The van der Waals surface area contributed by atoms with Crippen molar-refractivity contribution in [2.24, 2.45) is 0 Å². The summed E-state index contributed by atoms with van der Waals surface area (Å²) in [5.74, 6) is -1.70. The van der Waals surface area contributed by atoms with Crippen LogP contribution in [0.4, 0.5) is 10.3 Å². The summed E-state index contributed by atoms with van der Waals surface area (Å²) in [4.78, 5) is 50.6. The molecule has 20 heteroatoms. The quantitative estimate of drug-likeness (QED) is 0.0867. The van der Waals surface area contributed by atoms with Crippen LogP contribution in [0.3, 0.4) is 0 Å². The first kappa shape index (κ1) is 39.6. The Morgan fingerprint density at radius 3 is 2.25 bits per heavy atom. The maximum Gasteiger partial charge on any atom is 0.308 e. The third kappa shape index (κ3) is 12.9. The normalized spacial score (nSPS) is 14.3. The zero-order valence-corrected chi connectivity index (χ0v) is 27.6. The van der Waals surface area contributed by atoms with Crippen LogP contribution in [0.1, 0.15) is 50.8 Å². The molecule has 48 heavy (non-hydrogen) atoms. The number of carbonyl (C=O) groups is 1. The van der Waals surface area contributed by atoms with Crippen LogP contribution in [-0.4, -0.2) is 102 Å². The van der Waals surface area contributed by atoms with E-state index in [9.17, 15) is 48.0 Å². The minimum absolute atomic E-state index is 0.110. The Hall–Kier alpha value is -4.53. The monoisotopic (exact) mass is 703 g/mol. The maximum absolute atomic E-state index is 13.7. The first-order chi connectivity index (χ1) is 22.4. The van der Waals surface area contributed by atoms with Crippen LogP contribution in [-0.2, 0) is 34.0 Å². The van der Waals surface area contributed by atoms with E-state index in [0.717, 1.165) is 10.6 Å². The van der Waals surface area contributed by atoms with Crippen molar-refractivity contribution in [2.75, 3.05) is 37.4 Å². The highest BCUT2D eigenvalue weighted by atomic mass is 32.2. The van der Waals surface area contributed by atoms with Gasteiger partial charge in [0.2, 0.25) is 16.0 Å². The van der Waals surface area contributed by atoms with Crippen molar-refractivity contribution in [3.8, 4) is 11.3 Å². The van der Waals surface area contributed by atoms with Gasteiger partial charge in [0.1, 0.15) is 18.5 Å². The molecule has 0 aliphatic carbocycles. The van der Waals surface area contributed by atoms with Gasteiger partial charge in [-0.3, -0.25) is 4.79 Å². The van der Waals surface area contributed by atoms with Gasteiger partial charge in [-0.05, 0) is 37.1 Å². The van der Waals surface area contributed by atoms with Gasteiger partial charge >= 0.3 is 5.97 Å². The first-order valence-corrected chi connectivity index (χ1v) is 16.3. The highest BCUT2D eigenvalue weighted by molar-refractivity contribution is 7.92. The molecule has 2 aromatic rings. The molecule has 0 bridgehead atoms. The van der Waals surface area contributed by atoms with Gasteiger partial charge in [-0.25, -0.2) is 27.1 Å². The second-order valence-corrected chi connectivity index (χ2v) is 12.8. The third-order valence-corrected chi connectivity index (χ3v) is 7.74. The molecule has 4 atom stereocenters. The predicted molar refractivity (Wildman–Crippen MR) is 166 cm³/mol. The molecule has 1 aromatic carbocycles. The molecule has 0 aliphatic heterocycles. The van der Waals surface area contributed by atoms with Crippen LogP contribution in [0, 0.1) is 26.0 Å². The van der Waals surface area contributed by atoms with E-state index in [0.29, 0.717) is 16.8 Å². The molecular weight excluding hydrogens is 665 g/mol. The average molecular weight is 704 g/mol. The number of esters is 1. The topological polar surface area (TPSA) is 244 Å². The summed E-state index contributed by atoms with van der Waals surface area (Å²) < 4.78 is 49.1. The summed E-state index contributed by atoms with van der Waals surface area (Å²) in [6, 6.07) is 5.36. The summed E-state index contributed by atoms with van der Waals surface area (Å²) in [6.45, 7) is 3.74. The third-order valence-electron chi connectivity index (χ3n) is 6.58. The molecule has 2 rings (SSSR count). The highest BCUT2D eigenvalue weighted by Gasteiger charge is 2.26. The number of ether oxygens (including phenoxy) is 2. The Kier molecular flexibility index (Phi) is 15.0. The number of aliphatic hydroxyl groups is 2. The van der Waals surface area contributed by atoms with E-state index in [1.165, 1.54) is 50.4 Å². The largest absolute Gasteiger partial charge is 0.463 e. The van der Waals surface area contributed by atoms with Crippen molar-refractivity contribution in [1.29, 1.82) is 0 Å². The van der Waals surface area contributed by atoms with E-state index in [-0.39, 0.29) is 37.2 Å². The highest BCUT2D eigenvalue weighted by Crippen LogP contribution is 2.31. The number of hydrogen-bond donors (Lipinski definition) is 2. The lowest BCUT2D eigenvalue weighted by molar-refractivity contribution is -0.798. The van der Waals surface area contributed by atoms with Crippen LogP contribution in [0.2, 0.25) is 0 Å². The fourth-order valence-corrected chi connectivity index (χ4v) is 4.45. The zero-order valence-electron chi connectivity index (χ0n) is 26.8. The second kappa shape index (κ2) is 18.1. The molecule has 2 N–H and O–H groups in total. The van der Waals surface area contributed by atoms with Gasteiger partial charge < -0.3 is 29.4 Å². The Bertz CT molecular complexity index is 1540. The summed E-state index contributed by atoms with van der Waals surface area (Å²) >= 11 is 0. The maximum atomic E-state index is 13.7. The number of sulfonamides is 1. The lowest BCUT2D eigenvalue weighted by atomic mass is 9.97. The molecule has 18 nitrogen and oxygen atoms in total. The SMILES string of the molecule is CC(C)c1nc(N(C)S(C)(=O)=O)nc(-c2ccc(F)cc2)c1/C=C/[C@@H](O)CC(O)CC(=O)OCCOCC(O[N+](=O)[O-])C(C)O[N+](=O)[O-]. The van der Waals surface area contributed by atoms with Crippen molar-refractivity contribution in [3.05, 3.63) is 67.6 Å². The van der Waals surface area contributed by atoms with Crippen molar-refractivity contribution in [2.45, 2.75) is 63.9 Å². The number of anilines is 1. The lowest BCUT2D eigenvalue weighted by Crippen LogP contribution is -2.36. The van der Waals surface area contributed by atoms with E-state index < -0.39 is 69.4 Å². The second-order valence-electron chi connectivity index (χ2n) is 10.8. The van der Waals surface area contributed by atoms with Gasteiger partial charge in [0.15, 0.2) is 6.10 Å². The van der Waals surface area contributed by atoms with Crippen molar-refractivity contribution in [1.82, 2.24) is 9.97 Å². The zero-order chi connectivity index (χ0) is 36.2. The van der Waals surface area contributed by atoms with E-state index in [1.807, 2.05) is 13.8 Å². The van der Waals surface area contributed by atoms with Crippen molar-refractivity contribution < 1.29 is 57.1 Å². The Balaban J connectivity index is 2.06. The molecule has 266 valence electrons. The van der Waals surface area contributed by atoms with Crippen LogP contribution < -0.4 is 4.31 Å². The number of hydrogen-bond acceptors (Lipinski definition) is 15. The molecule has 0 saturated heterocycles. The molecule has 0 spiro atoms.